The van der Waals surface area contributed by atoms with Crippen molar-refractivity contribution in [1.29, 1.82) is 5.41 Å². The van der Waals surface area contributed by atoms with E-state index < -0.39 is 60.4 Å². The number of carboxylic acid groups (broad SMARTS) is 4. The minimum Gasteiger partial charge on any atom is -0.491 e. The Balaban J connectivity index is 0.000000748. The van der Waals surface area contributed by atoms with Gasteiger partial charge in [0.1, 0.15) is 18.2 Å². The highest BCUT2D eigenvalue weighted by Gasteiger charge is 2.38. The summed E-state index contributed by atoms with van der Waals surface area (Å²) in [5.41, 5.74) is 13.1. The maximum atomic E-state index is 12.9. The second-order valence-electron chi connectivity index (χ2n) is 9.51. The summed E-state index contributed by atoms with van der Waals surface area (Å²) in [5, 5.41) is 42.6. The van der Waals surface area contributed by atoms with E-state index in [1.165, 1.54) is 18.2 Å². The number of ether oxygens (including phenoxy) is 1. The molecular weight excluding hydrogens is 698 g/mol. The van der Waals surface area contributed by atoms with Gasteiger partial charge in [0.25, 0.3) is 5.91 Å². The Morgan fingerprint density at radius 1 is 0.900 bits per heavy atom. The number of anilines is 1. The molecule has 3 rings (SSSR count). The van der Waals surface area contributed by atoms with E-state index in [2.05, 4.69) is 15.3 Å². The lowest BCUT2D eigenvalue weighted by atomic mass is 10.0. The number of aromatic nitrogens is 2. The number of aliphatic carboxylic acids is 4. The number of halogens is 6. The van der Waals surface area contributed by atoms with Crippen molar-refractivity contribution in [3.05, 3.63) is 53.1 Å². The van der Waals surface area contributed by atoms with Crippen LogP contribution in [-0.4, -0.2) is 96.8 Å². The molecule has 1 heterocycles. The van der Waals surface area contributed by atoms with E-state index in [0.717, 1.165) is 0 Å². The molecule has 0 fully saturated rings. The fraction of sp³-hybridized carbons (Fsp3) is 0.259. The standard InChI is InChI=1S/C23H24N6O7.2C2HF3O2/c24-20(25)12-2-1-11(8-17(30)22(34)35)18(9-12)36-10-14(4-6-19(31)32)27-21(33)13-3-5-15-16(7-13)29-23(26)28-15;2*3-2(4,5)1(6)7/h1-3,5,7,9,14H,4,6,8,10H2,(H3,24,25)(H,27,33)(H,31,32)(H,34,35)(H3,26,28,29);2*(H,6,7)/t14-;;/m1../s1. The molecule has 0 bridgehead atoms. The summed E-state index contributed by atoms with van der Waals surface area (Å²) in [6, 6.07) is 8.18. The van der Waals surface area contributed by atoms with Crippen molar-refractivity contribution in [2.45, 2.75) is 37.7 Å². The largest absolute Gasteiger partial charge is 0.491 e. The van der Waals surface area contributed by atoms with Crippen LogP contribution < -0.4 is 21.5 Å². The minimum atomic E-state index is -5.08. The van der Waals surface area contributed by atoms with Crippen molar-refractivity contribution in [2.24, 2.45) is 5.73 Å². The topological polar surface area (TPSA) is 309 Å². The first-order valence-electron chi connectivity index (χ1n) is 13.2. The molecule has 0 saturated carbocycles. The third kappa shape index (κ3) is 14.1. The first-order valence-corrected chi connectivity index (χ1v) is 13.2. The molecule has 0 saturated heterocycles. The number of nitrogens with two attached hydrogens (primary N) is 2. The van der Waals surface area contributed by atoms with E-state index in [9.17, 15) is 45.5 Å². The summed E-state index contributed by atoms with van der Waals surface area (Å²) in [5.74, 6) is -9.76. The number of amides is 1. The fourth-order valence-corrected chi connectivity index (χ4v) is 3.38. The van der Waals surface area contributed by atoms with E-state index in [1.54, 1.807) is 18.2 Å². The third-order valence-corrected chi connectivity index (χ3v) is 5.70. The zero-order valence-corrected chi connectivity index (χ0v) is 24.9. The average molecular weight is 725 g/mol. The number of imidazole rings is 1. The van der Waals surface area contributed by atoms with Crippen LogP contribution in [0.15, 0.2) is 36.4 Å². The summed E-state index contributed by atoms with van der Waals surface area (Å²) in [7, 11) is 0. The Morgan fingerprint density at radius 2 is 1.44 bits per heavy atom. The molecular formula is C27H26F6N6O11. The van der Waals surface area contributed by atoms with Gasteiger partial charge in [-0.25, -0.2) is 19.4 Å². The molecule has 1 amide bonds. The van der Waals surface area contributed by atoms with E-state index in [1.807, 2.05) is 0 Å². The van der Waals surface area contributed by atoms with Crippen LogP contribution in [0.3, 0.4) is 0 Å². The van der Waals surface area contributed by atoms with Crippen molar-refractivity contribution < 1.29 is 80.3 Å². The number of H-pyrrole nitrogens is 1. The predicted octanol–water partition coefficient (Wildman–Crippen LogP) is 1.93. The second-order valence-corrected chi connectivity index (χ2v) is 9.51. The highest BCUT2D eigenvalue weighted by atomic mass is 19.4. The minimum absolute atomic E-state index is 0.0239. The molecule has 50 heavy (non-hydrogen) atoms. The Bertz CT molecular complexity index is 1730. The first-order chi connectivity index (χ1) is 22.9. The number of alkyl halides is 6. The van der Waals surface area contributed by atoms with Gasteiger partial charge in [0.05, 0.1) is 17.1 Å². The molecule has 17 nitrogen and oxygen atoms in total. The van der Waals surface area contributed by atoms with Gasteiger partial charge in [-0.05, 0) is 30.7 Å². The number of ketones is 1. The number of amidine groups is 1. The zero-order chi connectivity index (χ0) is 38.6. The Morgan fingerprint density at radius 3 is 1.92 bits per heavy atom. The number of rotatable bonds is 12. The van der Waals surface area contributed by atoms with Crippen LogP contribution in [-0.2, 0) is 30.4 Å². The lowest BCUT2D eigenvalue weighted by molar-refractivity contribution is -0.193. The van der Waals surface area contributed by atoms with Crippen LogP contribution >= 0.6 is 0 Å². The van der Waals surface area contributed by atoms with E-state index >= 15 is 0 Å². The molecule has 0 aliphatic rings. The van der Waals surface area contributed by atoms with Crippen molar-refractivity contribution in [3.8, 4) is 5.75 Å². The number of benzene rings is 2. The van der Waals surface area contributed by atoms with Gasteiger partial charge in [-0.3, -0.25) is 19.8 Å². The van der Waals surface area contributed by atoms with Gasteiger partial charge in [-0.2, -0.15) is 26.3 Å². The molecule has 2 aromatic carbocycles. The molecule has 0 spiro atoms. The van der Waals surface area contributed by atoms with Crippen molar-refractivity contribution in [3.63, 3.8) is 0 Å². The normalized spacial score (nSPS) is 11.5. The number of nitrogens with one attached hydrogen (secondary N) is 3. The Hall–Kier alpha value is -6.42. The smallest absolute Gasteiger partial charge is 0.490 e. The van der Waals surface area contributed by atoms with Gasteiger partial charge < -0.3 is 46.9 Å². The number of carbonyl (C=O) groups excluding carboxylic acids is 2. The number of carboxylic acids is 4. The molecule has 0 unspecified atom stereocenters. The Kier molecular flexibility index (Phi) is 14.7. The summed E-state index contributed by atoms with van der Waals surface area (Å²) < 4.78 is 69.2. The fourth-order valence-electron chi connectivity index (χ4n) is 3.38. The molecule has 11 N–H and O–H groups in total. The van der Waals surface area contributed by atoms with Gasteiger partial charge in [0, 0.05) is 29.5 Å². The van der Waals surface area contributed by atoms with E-state index in [0.29, 0.717) is 11.0 Å². The molecule has 0 aliphatic heterocycles. The molecule has 1 atom stereocenters. The SMILES string of the molecule is N=C(N)c1ccc(CC(=O)C(=O)O)c(OC[C@@H](CCC(=O)O)NC(=O)c2ccc3nc(N)[nH]c3c2)c1.O=C(O)C(F)(F)F.O=C(O)C(F)(F)F. The number of fused-ring (bicyclic) bond motifs is 1. The van der Waals surface area contributed by atoms with Crippen molar-refractivity contribution >= 4 is 58.4 Å². The number of nitrogens with zero attached hydrogens (tertiary/aromatic N) is 1. The lowest BCUT2D eigenvalue weighted by Gasteiger charge is -2.20. The number of carbonyl (C=O) groups is 6. The quantitative estimate of drug-likeness (QED) is 0.0558. The van der Waals surface area contributed by atoms with Crippen LogP contribution in [0.5, 0.6) is 5.75 Å². The molecule has 272 valence electrons. The van der Waals surface area contributed by atoms with Gasteiger partial charge in [0.15, 0.2) is 5.95 Å². The Labute approximate surface area is 274 Å². The van der Waals surface area contributed by atoms with Crippen LogP contribution in [0.1, 0.15) is 34.3 Å². The lowest BCUT2D eigenvalue weighted by Crippen LogP contribution is -2.39. The van der Waals surface area contributed by atoms with E-state index in [4.69, 9.17) is 51.6 Å². The predicted molar refractivity (Wildman–Crippen MR) is 155 cm³/mol. The van der Waals surface area contributed by atoms with Gasteiger partial charge in [-0.1, -0.05) is 12.1 Å². The van der Waals surface area contributed by atoms with Crippen LogP contribution in [0.2, 0.25) is 0 Å². The molecule has 1 aromatic heterocycles. The van der Waals surface area contributed by atoms with Crippen LogP contribution in [0, 0.1) is 5.41 Å². The number of hydrogen-bond donors (Lipinski definition) is 9. The third-order valence-electron chi connectivity index (χ3n) is 5.70. The zero-order valence-electron chi connectivity index (χ0n) is 24.9. The maximum absolute atomic E-state index is 12.9. The van der Waals surface area contributed by atoms with Crippen LogP contribution in [0.4, 0.5) is 32.3 Å². The van der Waals surface area contributed by atoms with Gasteiger partial charge >= 0.3 is 36.2 Å². The second kappa shape index (κ2) is 17.7. The number of aromatic amines is 1. The van der Waals surface area contributed by atoms with Crippen molar-refractivity contribution in [2.75, 3.05) is 12.3 Å². The summed E-state index contributed by atoms with van der Waals surface area (Å²) in [6.07, 6.45) is -10.9. The molecule has 3 aromatic rings. The van der Waals surface area contributed by atoms with E-state index in [-0.39, 0.29) is 53.7 Å². The van der Waals surface area contributed by atoms with Gasteiger partial charge in [0.2, 0.25) is 5.78 Å². The molecule has 23 heteroatoms. The maximum Gasteiger partial charge on any atom is 0.490 e. The first kappa shape index (κ1) is 41.6. The van der Waals surface area contributed by atoms with Crippen molar-refractivity contribution in [1.82, 2.24) is 15.3 Å². The molecule has 0 aliphatic carbocycles. The number of nitrogen functional groups attached to an aromatic ring is 2. The average Bonchev–Trinajstić information content (AvgIpc) is 3.37. The number of hydrogen-bond acceptors (Lipinski definition) is 10. The summed E-state index contributed by atoms with van der Waals surface area (Å²) in [6.45, 7) is -0.201. The molecule has 0 radical (unpaired) electrons. The monoisotopic (exact) mass is 724 g/mol. The summed E-state index contributed by atoms with van der Waals surface area (Å²) in [4.78, 5) is 71.4. The number of Topliss-reactive ketones (excluding diaryl/α,β-unsaturated/α-hetero) is 1. The highest BCUT2D eigenvalue weighted by molar-refractivity contribution is 6.33. The van der Waals surface area contributed by atoms with Gasteiger partial charge in [-0.15, -0.1) is 0 Å². The van der Waals surface area contributed by atoms with Crippen LogP contribution in [0.25, 0.3) is 11.0 Å². The highest BCUT2D eigenvalue weighted by Crippen LogP contribution is 2.23. The summed E-state index contributed by atoms with van der Waals surface area (Å²) >= 11 is 0.